The Balaban J connectivity index is 2.27. The summed E-state index contributed by atoms with van der Waals surface area (Å²) in [5.74, 6) is 1.97. The van der Waals surface area contributed by atoms with E-state index in [1.165, 1.54) is 0 Å². The van der Waals surface area contributed by atoms with Gasteiger partial charge >= 0.3 is 0 Å². The lowest BCUT2D eigenvalue weighted by Gasteiger charge is -2.09. The number of nitrogens with two attached hydrogens (primary N) is 1. The summed E-state index contributed by atoms with van der Waals surface area (Å²) in [6, 6.07) is 9.83. The van der Waals surface area contributed by atoms with Gasteiger partial charge in [-0.3, -0.25) is 0 Å². The molecule has 0 amide bonds. The van der Waals surface area contributed by atoms with Crippen LogP contribution in [0, 0.1) is 6.92 Å². The molecule has 0 saturated carbocycles. The van der Waals surface area contributed by atoms with Crippen LogP contribution in [-0.4, -0.2) is 23.1 Å². The number of hydrogen-bond donors (Lipinski definition) is 1. The standard InChI is InChI=1S/C16H21N3O/c1-11(2)15-10-12(3)18-16(19-15)13-4-6-14(7-5-13)20-9-8-17/h4-7,10-11H,8-9,17H2,1-3H3. The van der Waals surface area contributed by atoms with Gasteiger partial charge in [-0.1, -0.05) is 13.8 Å². The van der Waals surface area contributed by atoms with Crippen molar-refractivity contribution in [3.8, 4) is 17.1 Å². The molecule has 0 fully saturated rings. The first-order valence-electron chi connectivity index (χ1n) is 6.89. The Labute approximate surface area is 120 Å². The normalized spacial score (nSPS) is 10.8. The van der Waals surface area contributed by atoms with Gasteiger partial charge < -0.3 is 10.5 Å². The van der Waals surface area contributed by atoms with Crippen molar-refractivity contribution in [3.05, 3.63) is 41.7 Å². The smallest absolute Gasteiger partial charge is 0.159 e. The molecule has 2 N–H and O–H groups in total. The highest BCUT2D eigenvalue weighted by Crippen LogP contribution is 2.22. The average molecular weight is 271 g/mol. The third-order valence-electron chi connectivity index (χ3n) is 2.96. The third-order valence-corrected chi connectivity index (χ3v) is 2.96. The molecule has 0 spiro atoms. The van der Waals surface area contributed by atoms with E-state index in [0.717, 1.165) is 28.5 Å². The number of aryl methyl sites for hydroxylation is 1. The van der Waals surface area contributed by atoms with Gasteiger partial charge in [-0.2, -0.15) is 0 Å². The molecule has 2 aromatic rings. The zero-order chi connectivity index (χ0) is 14.5. The van der Waals surface area contributed by atoms with Crippen molar-refractivity contribution in [2.45, 2.75) is 26.7 Å². The highest BCUT2D eigenvalue weighted by atomic mass is 16.5. The van der Waals surface area contributed by atoms with Gasteiger partial charge in [0.2, 0.25) is 0 Å². The maximum Gasteiger partial charge on any atom is 0.159 e. The zero-order valence-electron chi connectivity index (χ0n) is 12.3. The summed E-state index contributed by atoms with van der Waals surface area (Å²) >= 11 is 0. The first kappa shape index (κ1) is 14.5. The molecule has 0 unspecified atom stereocenters. The highest BCUT2D eigenvalue weighted by Gasteiger charge is 2.08. The molecule has 1 aromatic heterocycles. The Morgan fingerprint density at radius 2 is 1.85 bits per heavy atom. The number of nitrogens with zero attached hydrogens (tertiary/aromatic N) is 2. The van der Waals surface area contributed by atoms with Gasteiger partial charge in [-0.05, 0) is 43.2 Å². The molecule has 4 nitrogen and oxygen atoms in total. The summed E-state index contributed by atoms with van der Waals surface area (Å²) < 4.78 is 5.47. The molecule has 20 heavy (non-hydrogen) atoms. The van der Waals surface area contributed by atoms with Crippen LogP contribution in [0.1, 0.15) is 31.2 Å². The number of rotatable bonds is 5. The van der Waals surface area contributed by atoms with Crippen LogP contribution in [0.25, 0.3) is 11.4 Å². The number of aromatic nitrogens is 2. The van der Waals surface area contributed by atoms with E-state index in [0.29, 0.717) is 19.1 Å². The van der Waals surface area contributed by atoms with Crippen LogP contribution in [0.4, 0.5) is 0 Å². The van der Waals surface area contributed by atoms with Gasteiger partial charge in [0, 0.05) is 23.5 Å². The summed E-state index contributed by atoms with van der Waals surface area (Å²) in [7, 11) is 0. The van der Waals surface area contributed by atoms with Crippen LogP contribution in [0.3, 0.4) is 0 Å². The predicted molar refractivity (Wildman–Crippen MR) is 80.8 cm³/mol. The fourth-order valence-corrected chi connectivity index (χ4v) is 1.89. The number of hydrogen-bond acceptors (Lipinski definition) is 4. The molecule has 106 valence electrons. The van der Waals surface area contributed by atoms with E-state index in [4.69, 9.17) is 10.5 Å². The summed E-state index contributed by atoms with van der Waals surface area (Å²) in [5.41, 5.74) is 8.46. The molecule has 0 bridgehead atoms. The number of benzene rings is 1. The van der Waals surface area contributed by atoms with Crippen molar-refractivity contribution in [3.63, 3.8) is 0 Å². The van der Waals surface area contributed by atoms with Crippen molar-refractivity contribution in [2.24, 2.45) is 5.73 Å². The first-order valence-corrected chi connectivity index (χ1v) is 6.89. The molecule has 1 heterocycles. The molecule has 0 aliphatic heterocycles. The Morgan fingerprint density at radius 3 is 2.45 bits per heavy atom. The van der Waals surface area contributed by atoms with E-state index >= 15 is 0 Å². The van der Waals surface area contributed by atoms with E-state index in [-0.39, 0.29) is 0 Å². The van der Waals surface area contributed by atoms with Crippen molar-refractivity contribution < 1.29 is 4.74 Å². The minimum atomic E-state index is 0.391. The van der Waals surface area contributed by atoms with Crippen molar-refractivity contribution in [1.29, 1.82) is 0 Å². The lowest BCUT2D eigenvalue weighted by molar-refractivity contribution is 0.328. The Hall–Kier alpha value is -1.94. The Bertz CT molecular complexity index is 564. The second-order valence-electron chi connectivity index (χ2n) is 5.07. The fourth-order valence-electron chi connectivity index (χ4n) is 1.89. The largest absolute Gasteiger partial charge is 0.492 e. The van der Waals surface area contributed by atoms with E-state index in [9.17, 15) is 0 Å². The highest BCUT2D eigenvalue weighted by molar-refractivity contribution is 5.56. The molecule has 0 aliphatic carbocycles. The van der Waals surface area contributed by atoms with E-state index in [2.05, 4.69) is 23.8 Å². The van der Waals surface area contributed by atoms with Gasteiger partial charge in [-0.25, -0.2) is 9.97 Å². The molecule has 0 atom stereocenters. The van der Waals surface area contributed by atoms with Gasteiger partial charge in [-0.15, -0.1) is 0 Å². The summed E-state index contributed by atoms with van der Waals surface area (Å²) in [4.78, 5) is 9.13. The van der Waals surface area contributed by atoms with E-state index in [1.807, 2.05) is 37.3 Å². The minimum absolute atomic E-state index is 0.391. The summed E-state index contributed by atoms with van der Waals surface area (Å²) in [5, 5.41) is 0. The van der Waals surface area contributed by atoms with Gasteiger partial charge in [0.25, 0.3) is 0 Å². The molecule has 1 aromatic carbocycles. The van der Waals surface area contributed by atoms with Crippen LogP contribution < -0.4 is 10.5 Å². The molecular formula is C16H21N3O. The summed E-state index contributed by atoms with van der Waals surface area (Å²) in [6.45, 7) is 7.30. The van der Waals surface area contributed by atoms with Crippen molar-refractivity contribution >= 4 is 0 Å². The summed E-state index contributed by atoms with van der Waals surface area (Å²) in [6.07, 6.45) is 0. The topological polar surface area (TPSA) is 61.0 Å². The Kier molecular flexibility index (Phi) is 4.69. The Morgan fingerprint density at radius 1 is 1.15 bits per heavy atom. The lowest BCUT2D eigenvalue weighted by Crippen LogP contribution is -2.10. The van der Waals surface area contributed by atoms with Crippen molar-refractivity contribution in [1.82, 2.24) is 9.97 Å². The van der Waals surface area contributed by atoms with Crippen LogP contribution >= 0.6 is 0 Å². The maximum atomic E-state index is 5.47. The lowest BCUT2D eigenvalue weighted by atomic mass is 10.1. The molecule has 0 aliphatic rings. The molecule has 0 saturated heterocycles. The first-order chi connectivity index (χ1) is 9.60. The SMILES string of the molecule is Cc1cc(C(C)C)nc(-c2ccc(OCCN)cc2)n1. The van der Waals surface area contributed by atoms with Crippen LogP contribution in [0.15, 0.2) is 30.3 Å². The van der Waals surface area contributed by atoms with E-state index < -0.39 is 0 Å². The van der Waals surface area contributed by atoms with Crippen LogP contribution in [-0.2, 0) is 0 Å². The van der Waals surface area contributed by atoms with Crippen LogP contribution in [0.5, 0.6) is 5.75 Å². The van der Waals surface area contributed by atoms with Crippen molar-refractivity contribution in [2.75, 3.05) is 13.2 Å². The zero-order valence-corrected chi connectivity index (χ0v) is 12.3. The fraction of sp³-hybridized carbons (Fsp3) is 0.375. The third kappa shape index (κ3) is 3.54. The monoisotopic (exact) mass is 271 g/mol. The maximum absolute atomic E-state index is 5.47. The molecule has 4 heteroatoms. The van der Waals surface area contributed by atoms with Crippen LogP contribution in [0.2, 0.25) is 0 Å². The quantitative estimate of drug-likeness (QED) is 0.908. The van der Waals surface area contributed by atoms with E-state index in [1.54, 1.807) is 0 Å². The number of ether oxygens (including phenoxy) is 1. The second-order valence-corrected chi connectivity index (χ2v) is 5.07. The minimum Gasteiger partial charge on any atom is -0.492 e. The average Bonchev–Trinajstić information content (AvgIpc) is 2.45. The van der Waals surface area contributed by atoms with Gasteiger partial charge in [0.15, 0.2) is 5.82 Å². The predicted octanol–water partition coefficient (Wildman–Crippen LogP) is 2.91. The molecule has 2 rings (SSSR count). The van der Waals surface area contributed by atoms with Gasteiger partial charge in [0.05, 0.1) is 0 Å². The molecular weight excluding hydrogens is 250 g/mol. The molecule has 0 radical (unpaired) electrons. The second kappa shape index (κ2) is 6.48. The van der Waals surface area contributed by atoms with Gasteiger partial charge in [0.1, 0.15) is 12.4 Å².